The highest BCUT2D eigenvalue weighted by Gasteiger charge is 2.16. The molecule has 7 heteroatoms. The van der Waals surface area contributed by atoms with Crippen LogP contribution in [0.15, 0.2) is 24.3 Å². The van der Waals surface area contributed by atoms with Crippen LogP contribution in [0.4, 0.5) is 5.69 Å². The highest BCUT2D eigenvalue weighted by molar-refractivity contribution is 5.70. The first-order chi connectivity index (χ1) is 10.4. The van der Waals surface area contributed by atoms with Crippen molar-refractivity contribution in [1.82, 2.24) is 0 Å². The number of carboxylic acid groups (broad SMARTS) is 1. The lowest BCUT2D eigenvalue weighted by Gasteiger charge is -2.15. The predicted octanol–water partition coefficient (Wildman–Crippen LogP) is 2.44. The lowest BCUT2D eigenvalue weighted by atomic mass is 9.95. The molecular weight excluding hydrogens is 288 g/mol. The molecule has 0 saturated heterocycles. The third-order valence-electron chi connectivity index (χ3n) is 3.57. The minimum absolute atomic E-state index is 0.0298. The number of aliphatic carboxylic acids is 1. The van der Waals surface area contributed by atoms with Gasteiger partial charge in [0.1, 0.15) is 5.75 Å². The molecule has 1 aromatic carbocycles. The van der Waals surface area contributed by atoms with E-state index in [2.05, 4.69) is 0 Å². The Labute approximate surface area is 129 Å². The first kappa shape index (κ1) is 17.9. The highest BCUT2D eigenvalue weighted by Crippen LogP contribution is 2.19. The zero-order valence-corrected chi connectivity index (χ0v) is 12.6. The number of carboxylic acids is 1. The number of non-ortho nitro benzene ring substituents is 1. The molecule has 0 saturated carbocycles. The summed E-state index contributed by atoms with van der Waals surface area (Å²) in [5, 5.41) is 19.4. The van der Waals surface area contributed by atoms with Gasteiger partial charge in [0.15, 0.2) is 0 Å². The maximum atomic E-state index is 10.9. The fourth-order valence-electron chi connectivity index (χ4n) is 2.01. The van der Waals surface area contributed by atoms with Gasteiger partial charge in [0, 0.05) is 18.7 Å². The van der Waals surface area contributed by atoms with E-state index >= 15 is 0 Å². The molecule has 0 heterocycles. The first-order valence-electron chi connectivity index (χ1n) is 7.24. The number of hydrogen-bond donors (Lipinski definition) is 2. The number of benzene rings is 1. The minimum atomic E-state index is -0.850. The van der Waals surface area contributed by atoms with E-state index in [1.807, 2.05) is 6.92 Å². The number of nitro groups is 1. The van der Waals surface area contributed by atoms with Crippen molar-refractivity contribution >= 4 is 11.7 Å². The van der Waals surface area contributed by atoms with Gasteiger partial charge in [-0.05, 0) is 37.3 Å². The number of carbonyl (C=O) groups is 1. The third kappa shape index (κ3) is 6.09. The molecule has 122 valence electrons. The van der Waals surface area contributed by atoms with Gasteiger partial charge in [-0.1, -0.05) is 6.92 Å². The average Bonchev–Trinajstić information content (AvgIpc) is 2.48. The third-order valence-corrected chi connectivity index (χ3v) is 3.57. The van der Waals surface area contributed by atoms with E-state index in [0.29, 0.717) is 24.7 Å². The van der Waals surface area contributed by atoms with E-state index in [0.717, 1.165) is 12.8 Å². The Morgan fingerprint density at radius 1 is 1.32 bits per heavy atom. The zero-order chi connectivity index (χ0) is 16.5. The van der Waals surface area contributed by atoms with Gasteiger partial charge in [0.25, 0.3) is 5.69 Å². The molecule has 0 radical (unpaired) electrons. The fraction of sp³-hybridized carbons (Fsp3) is 0.533. The Morgan fingerprint density at radius 2 is 1.95 bits per heavy atom. The Morgan fingerprint density at radius 3 is 2.45 bits per heavy atom. The molecule has 7 nitrogen and oxygen atoms in total. The number of rotatable bonds is 10. The number of nitro benzene ring substituents is 1. The van der Waals surface area contributed by atoms with Crippen molar-refractivity contribution in [2.45, 2.75) is 26.2 Å². The van der Waals surface area contributed by atoms with E-state index in [1.165, 1.54) is 12.1 Å². The maximum Gasteiger partial charge on any atom is 0.307 e. The van der Waals surface area contributed by atoms with Crippen LogP contribution in [-0.2, 0) is 4.79 Å². The second-order valence-electron chi connectivity index (χ2n) is 5.34. The molecular formula is C15H22N2O5. The van der Waals surface area contributed by atoms with Crippen molar-refractivity contribution in [2.75, 3.05) is 13.2 Å². The van der Waals surface area contributed by atoms with Crippen molar-refractivity contribution in [1.29, 1.82) is 0 Å². The largest absolute Gasteiger partial charge is 0.494 e. The average molecular weight is 310 g/mol. The Balaban J connectivity index is 2.28. The molecule has 0 spiro atoms. The topological polar surface area (TPSA) is 116 Å². The quantitative estimate of drug-likeness (QED) is 0.506. The summed E-state index contributed by atoms with van der Waals surface area (Å²) < 4.78 is 5.53. The summed E-state index contributed by atoms with van der Waals surface area (Å²) in [6.07, 6.45) is 2.12. The Kier molecular flexibility index (Phi) is 7.31. The smallest absolute Gasteiger partial charge is 0.307 e. The molecule has 0 aromatic heterocycles. The van der Waals surface area contributed by atoms with Crippen molar-refractivity contribution in [3.8, 4) is 5.75 Å². The van der Waals surface area contributed by atoms with E-state index in [9.17, 15) is 14.9 Å². The normalized spacial score (nSPS) is 13.4. The maximum absolute atomic E-state index is 10.9. The summed E-state index contributed by atoms with van der Waals surface area (Å²) in [4.78, 5) is 20.9. The van der Waals surface area contributed by atoms with Crippen LogP contribution in [0.5, 0.6) is 5.75 Å². The van der Waals surface area contributed by atoms with E-state index in [1.54, 1.807) is 12.1 Å². The van der Waals surface area contributed by atoms with Gasteiger partial charge in [-0.15, -0.1) is 0 Å². The Hall–Kier alpha value is -2.15. The van der Waals surface area contributed by atoms with Gasteiger partial charge in [-0.2, -0.15) is 0 Å². The summed E-state index contributed by atoms with van der Waals surface area (Å²) in [7, 11) is 0. The van der Waals surface area contributed by atoms with E-state index in [-0.39, 0.29) is 12.2 Å². The summed E-state index contributed by atoms with van der Waals surface area (Å²) in [6.45, 7) is 2.68. The van der Waals surface area contributed by atoms with Crippen LogP contribution < -0.4 is 10.5 Å². The van der Waals surface area contributed by atoms with Gasteiger partial charge in [-0.3, -0.25) is 14.9 Å². The predicted molar refractivity (Wildman–Crippen MR) is 81.8 cm³/mol. The van der Waals surface area contributed by atoms with Crippen LogP contribution in [0.2, 0.25) is 0 Å². The van der Waals surface area contributed by atoms with Gasteiger partial charge in [0.2, 0.25) is 0 Å². The highest BCUT2D eigenvalue weighted by atomic mass is 16.6. The van der Waals surface area contributed by atoms with Crippen molar-refractivity contribution in [2.24, 2.45) is 17.6 Å². The van der Waals surface area contributed by atoms with Crippen molar-refractivity contribution < 1.29 is 19.6 Å². The van der Waals surface area contributed by atoms with Crippen LogP contribution in [-0.4, -0.2) is 29.2 Å². The minimum Gasteiger partial charge on any atom is -0.494 e. The molecule has 0 aliphatic heterocycles. The Bertz CT molecular complexity index is 489. The van der Waals surface area contributed by atoms with Crippen LogP contribution in [0.25, 0.3) is 0 Å². The van der Waals surface area contributed by atoms with Crippen LogP contribution in [0.3, 0.4) is 0 Å². The second kappa shape index (κ2) is 8.99. The fourth-order valence-corrected chi connectivity index (χ4v) is 2.01. The number of hydrogen-bond acceptors (Lipinski definition) is 5. The SMILES string of the molecule is CC(CCOc1ccc([N+](=O)[O-])cc1)CCC(CN)C(=O)O. The standard InChI is InChI=1S/C15H22N2O5/c1-11(2-3-12(10-16)15(18)19)8-9-22-14-6-4-13(5-7-14)17(20)21/h4-7,11-12H,2-3,8-10,16H2,1H3,(H,18,19). The molecule has 1 rings (SSSR count). The van der Waals surface area contributed by atoms with Crippen LogP contribution >= 0.6 is 0 Å². The van der Waals surface area contributed by atoms with E-state index < -0.39 is 16.8 Å². The second-order valence-corrected chi connectivity index (χ2v) is 5.34. The number of ether oxygens (including phenoxy) is 1. The summed E-state index contributed by atoms with van der Waals surface area (Å²) >= 11 is 0. The molecule has 2 unspecified atom stereocenters. The summed E-state index contributed by atoms with van der Waals surface area (Å²) in [6, 6.07) is 5.93. The lowest BCUT2D eigenvalue weighted by Crippen LogP contribution is -2.23. The van der Waals surface area contributed by atoms with Gasteiger partial charge < -0.3 is 15.6 Å². The van der Waals surface area contributed by atoms with Crippen molar-refractivity contribution in [3.05, 3.63) is 34.4 Å². The lowest BCUT2D eigenvalue weighted by molar-refractivity contribution is -0.384. The number of nitrogens with two attached hydrogens (primary N) is 1. The first-order valence-corrected chi connectivity index (χ1v) is 7.24. The molecule has 0 aliphatic rings. The molecule has 22 heavy (non-hydrogen) atoms. The summed E-state index contributed by atoms with van der Waals surface area (Å²) in [5.74, 6) is -0.426. The van der Waals surface area contributed by atoms with Crippen LogP contribution in [0, 0.1) is 22.0 Å². The monoisotopic (exact) mass is 310 g/mol. The van der Waals surface area contributed by atoms with Gasteiger partial charge >= 0.3 is 5.97 Å². The molecule has 0 aliphatic carbocycles. The van der Waals surface area contributed by atoms with Gasteiger partial charge in [-0.25, -0.2) is 0 Å². The van der Waals surface area contributed by atoms with Crippen molar-refractivity contribution in [3.63, 3.8) is 0 Å². The summed E-state index contributed by atoms with van der Waals surface area (Å²) in [5.41, 5.74) is 5.45. The van der Waals surface area contributed by atoms with E-state index in [4.69, 9.17) is 15.6 Å². The molecule has 0 fully saturated rings. The molecule has 1 aromatic rings. The molecule has 3 N–H and O–H groups in total. The molecule has 2 atom stereocenters. The zero-order valence-electron chi connectivity index (χ0n) is 12.6. The molecule has 0 amide bonds. The van der Waals surface area contributed by atoms with Crippen LogP contribution in [0.1, 0.15) is 26.2 Å². The number of nitrogens with zero attached hydrogens (tertiary/aromatic N) is 1. The van der Waals surface area contributed by atoms with Gasteiger partial charge in [0.05, 0.1) is 17.4 Å². The molecule has 0 bridgehead atoms.